The molecule has 0 radical (unpaired) electrons. The van der Waals surface area contributed by atoms with Crippen LogP contribution in [0, 0.1) is 21.8 Å². The molecular weight excluding hydrogens is 341 g/mol. The van der Waals surface area contributed by atoms with Crippen LogP contribution in [0.4, 0.5) is 10.1 Å². The Bertz CT molecular complexity index is 588. The fourth-order valence-corrected chi connectivity index (χ4v) is 2.80. The first-order chi connectivity index (χ1) is 11.0. The number of amides is 1. The zero-order valence-electron chi connectivity index (χ0n) is 13.1. The molecule has 0 aliphatic heterocycles. The van der Waals surface area contributed by atoms with Crippen molar-refractivity contribution in [2.45, 2.75) is 31.7 Å². The van der Waals surface area contributed by atoms with Crippen LogP contribution >= 0.6 is 12.4 Å². The van der Waals surface area contributed by atoms with E-state index in [0.717, 1.165) is 37.8 Å². The highest BCUT2D eigenvalue weighted by Crippen LogP contribution is 2.24. The number of hydrogen-bond acceptors (Lipinski definition) is 5. The van der Waals surface area contributed by atoms with Crippen LogP contribution in [0.2, 0.25) is 0 Å². The van der Waals surface area contributed by atoms with Gasteiger partial charge in [0.15, 0.2) is 6.61 Å². The third-order valence-electron chi connectivity index (χ3n) is 4.04. The molecule has 1 aromatic carbocycles. The van der Waals surface area contributed by atoms with Crippen LogP contribution in [0.25, 0.3) is 0 Å². The van der Waals surface area contributed by atoms with Gasteiger partial charge >= 0.3 is 5.69 Å². The molecule has 134 valence electrons. The smallest absolute Gasteiger partial charge is 0.305 e. The standard InChI is InChI=1S/C15H20FN3O4.ClH/c16-12-7-11(5-6-14(12)19(21)22)23-9-15(20)18-13-4-2-1-3-10(13)8-17;/h5-7,10,13H,1-4,8-9,17H2,(H,18,20);1H. The van der Waals surface area contributed by atoms with Crippen molar-refractivity contribution in [1.82, 2.24) is 5.32 Å². The first kappa shape index (κ1) is 20.1. The second kappa shape index (κ2) is 9.39. The van der Waals surface area contributed by atoms with Gasteiger partial charge in [-0.25, -0.2) is 0 Å². The molecule has 0 aromatic heterocycles. The number of halogens is 2. The molecule has 0 saturated heterocycles. The summed E-state index contributed by atoms with van der Waals surface area (Å²) in [6.45, 7) is 0.254. The van der Waals surface area contributed by atoms with Gasteiger partial charge in [0, 0.05) is 18.2 Å². The summed E-state index contributed by atoms with van der Waals surface area (Å²) < 4.78 is 18.6. The lowest BCUT2D eigenvalue weighted by Crippen LogP contribution is -2.46. The molecule has 24 heavy (non-hydrogen) atoms. The summed E-state index contributed by atoms with van der Waals surface area (Å²) in [4.78, 5) is 21.6. The van der Waals surface area contributed by atoms with Crippen LogP contribution in [-0.2, 0) is 4.79 Å². The minimum atomic E-state index is -0.997. The van der Waals surface area contributed by atoms with Gasteiger partial charge in [0.2, 0.25) is 5.82 Å². The van der Waals surface area contributed by atoms with Gasteiger partial charge in [-0.1, -0.05) is 12.8 Å². The highest BCUT2D eigenvalue weighted by atomic mass is 35.5. The van der Waals surface area contributed by atoms with Crippen molar-refractivity contribution < 1.29 is 18.8 Å². The van der Waals surface area contributed by atoms with Crippen LogP contribution in [0.1, 0.15) is 25.7 Å². The molecule has 9 heteroatoms. The Morgan fingerprint density at radius 3 is 2.75 bits per heavy atom. The SMILES string of the molecule is Cl.NCC1CCCCC1NC(=O)COc1ccc([N+](=O)[O-])c(F)c1. The van der Waals surface area contributed by atoms with E-state index in [9.17, 15) is 19.3 Å². The second-order valence-electron chi connectivity index (χ2n) is 5.61. The molecule has 1 saturated carbocycles. The fourth-order valence-electron chi connectivity index (χ4n) is 2.80. The molecule has 3 N–H and O–H groups in total. The number of nitrogens with two attached hydrogens (primary N) is 1. The number of nitrogens with one attached hydrogen (secondary N) is 1. The van der Waals surface area contributed by atoms with E-state index in [1.165, 1.54) is 6.07 Å². The molecule has 0 heterocycles. The monoisotopic (exact) mass is 361 g/mol. The van der Waals surface area contributed by atoms with E-state index >= 15 is 0 Å². The Hall–Kier alpha value is -1.93. The minimum absolute atomic E-state index is 0. The molecule has 0 spiro atoms. The maximum Gasteiger partial charge on any atom is 0.305 e. The summed E-state index contributed by atoms with van der Waals surface area (Å²) in [7, 11) is 0. The number of hydrogen-bond donors (Lipinski definition) is 2. The van der Waals surface area contributed by atoms with Crippen LogP contribution in [-0.4, -0.2) is 30.0 Å². The molecular formula is C15H21ClFN3O4. The summed E-state index contributed by atoms with van der Waals surface area (Å²) in [5, 5.41) is 13.4. The lowest BCUT2D eigenvalue weighted by atomic mass is 9.84. The Labute approximate surface area is 145 Å². The van der Waals surface area contributed by atoms with E-state index in [2.05, 4.69) is 5.32 Å². The summed E-state index contributed by atoms with van der Waals surface area (Å²) in [5.41, 5.74) is 5.08. The second-order valence-corrected chi connectivity index (χ2v) is 5.61. The normalized spacial score (nSPS) is 19.9. The molecule has 2 atom stereocenters. The summed E-state index contributed by atoms with van der Waals surface area (Å²) >= 11 is 0. The zero-order valence-corrected chi connectivity index (χ0v) is 13.9. The van der Waals surface area contributed by atoms with Crippen molar-refractivity contribution in [1.29, 1.82) is 0 Å². The highest BCUT2D eigenvalue weighted by Gasteiger charge is 2.25. The van der Waals surface area contributed by atoms with Crippen molar-refractivity contribution in [3.05, 3.63) is 34.1 Å². The maximum atomic E-state index is 13.5. The van der Waals surface area contributed by atoms with Crippen LogP contribution < -0.4 is 15.8 Å². The molecule has 7 nitrogen and oxygen atoms in total. The molecule has 1 aliphatic carbocycles. The van der Waals surface area contributed by atoms with E-state index in [-0.39, 0.29) is 42.6 Å². The van der Waals surface area contributed by atoms with Gasteiger partial charge in [-0.15, -0.1) is 12.4 Å². The largest absolute Gasteiger partial charge is 0.484 e. The minimum Gasteiger partial charge on any atom is -0.484 e. The van der Waals surface area contributed by atoms with E-state index in [1.807, 2.05) is 0 Å². The van der Waals surface area contributed by atoms with Crippen LogP contribution in [0.15, 0.2) is 18.2 Å². The predicted molar refractivity (Wildman–Crippen MR) is 88.7 cm³/mol. The molecule has 0 bridgehead atoms. The van der Waals surface area contributed by atoms with Gasteiger partial charge in [0.25, 0.3) is 5.91 Å². The van der Waals surface area contributed by atoms with Gasteiger partial charge in [-0.05, 0) is 31.4 Å². The lowest BCUT2D eigenvalue weighted by molar-refractivity contribution is -0.387. The topological polar surface area (TPSA) is 107 Å². The number of carbonyl (C=O) groups is 1. The molecule has 1 fully saturated rings. The number of benzene rings is 1. The van der Waals surface area contributed by atoms with Crippen molar-refractivity contribution in [3.8, 4) is 5.75 Å². The molecule has 1 aromatic rings. The highest BCUT2D eigenvalue weighted by molar-refractivity contribution is 5.85. The molecule has 2 rings (SSSR count). The Morgan fingerprint density at radius 1 is 1.42 bits per heavy atom. The first-order valence-corrected chi connectivity index (χ1v) is 7.57. The Morgan fingerprint density at radius 2 is 2.12 bits per heavy atom. The first-order valence-electron chi connectivity index (χ1n) is 7.57. The number of rotatable bonds is 6. The van der Waals surface area contributed by atoms with Crippen molar-refractivity contribution in [2.24, 2.45) is 11.7 Å². The van der Waals surface area contributed by atoms with E-state index in [0.29, 0.717) is 6.54 Å². The Balaban J connectivity index is 0.00000288. The third kappa shape index (κ3) is 5.31. The predicted octanol–water partition coefficient (Wildman–Crippen LogP) is 2.17. The van der Waals surface area contributed by atoms with E-state index in [1.54, 1.807) is 0 Å². The average Bonchev–Trinajstić information content (AvgIpc) is 2.53. The summed E-state index contributed by atoms with van der Waals surface area (Å²) in [6.07, 6.45) is 4.05. The summed E-state index contributed by atoms with van der Waals surface area (Å²) in [5.74, 6) is -0.968. The van der Waals surface area contributed by atoms with Gasteiger partial charge in [0.05, 0.1) is 4.92 Å². The van der Waals surface area contributed by atoms with Gasteiger partial charge in [-0.2, -0.15) is 4.39 Å². The third-order valence-corrected chi connectivity index (χ3v) is 4.04. The maximum absolute atomic E-state index is 13.5. The average molecular weight is 362 g/mol. The zero-order chi connectivity index (χ0) is 16.8. The van der Waals surface area contributed by atoms with Gasteiger partial charge in [0.1, 0.15) is 5.75 Å². The van der Waals surface area contributed by atoms with Crippen molar-refractivity contribution in [2.75, 3.05) is 13.2 Å². The number of nitro groups is 1. The fraction of sp³-hybridized carbons (Fsp3) is 0.533. The molecule has 2 unspecified atom stereocenters. The number of nitro benzene ring substituents is 1. The van der Waals surface area contributed by atoms with Gasteiger partial charge in [-0.3, -0.25) is 14.9 Å². The van der Waals surface area contributed by atoms with Crippen molar-refractivity contribution in [3.63, 3.8) is 0 Å². The number of ether oxygens (including phenoxy) is 1. The lowest BCUT2D eigenvalue weighted by Gasteiger charge is -2.31. The van der Waals surface area contributed by atoms with Crippen LogP contribution in [0.3, 0.4) is 0 Å². The summed E-state index contributed by atoms with van der Waals surface area (Å²) in [6, 6.07) is 3.21. The van der Waals surface area contributed by atoms with E-state index < -0.39 is 16.4 Å². The molecule has 1 amide bonds. The van der Waals surface area contributed by atoms with E-state index in [4.69, 9.17) is 10.5 Å². The number of nitrogens with zero attached hydrogens (tertiary/aromatic N) is 1. The quantitative estimate of drug-likeness (QED) is 0.596. The number of carbonyl (C=O) groups excluding carboxylic acids is 1. The Kier molecular flexibility index (Phi) is 7.87. The molecule has 1 aliphatic rings. The van der Waals surface area contributed by atoms with Crippen molar-refractivity contribution >= 4 is 24.0 Å². The van der Waals surface area contributed by atoms with Crippen LogP contribution in [0.5, 0.6) is 5.75 Å². The van der Waals surface area contributed by atoms with Gasteiger partial charge < -0.3 is 15.8 Å².